The molecule has 0 spiro atoms. The van der Waals surface area contributed by atoms with Crippen molar-refractivity contribution in [1.82, 2.24) is 0 Å². The zero-order valence-corrected chi connectivity index (χ0v) is 12.3. The molecule has 2 aromatic rings. The van der Waals surface area contributed by atoms with Gasteiger partial charge in [0.2, 0.25) is 0 Å². The molecule has 3 heteroatoms. The van der Waals surface area contributed by atoms with E-state index in [9.17, 15) is 4.39 Å². The number of nitrogens with two attached hydrogens (primary N) is 1. The molecule has 2 N–H and O–H groups in total. The smallest absolute Gasteiger partial charge is 0.132 e. The molecule has 1 atom stereocenters. The molecular formula is C17H20FNO. The number of rotatable bonds is 3. The summed E-state index contributed by atoms with van der Waals surface area (Å²) in [5.74, 6) is 1.14. The Labute approximate surface area is 119 Å². The quantitative estimate of drug-likeness (QED) is 0.889. The molecule has 0 aliphatic heterocycles. The van der Waals surface area contributed by atoms with E-state index < -0.39 is 0 Å². The van der Waals surface area contributed by atoms with E-state index >= 15 is 0 Å². The average molecular weight is 273 g/mol. The first-order chi connectivity index (χ1) is 9.38. The van der Waals surface area contributed by atoms with Crippen LogP contribution in [0, 0.1) is 26.6 Å². The summed E-state index contributed by atoms with van der Waals surface area (Å²) in [5.41, 5.74) is 9.29. The second-order valence-corrected chi connectivity index (χ2v) is 5.30. The lowest BCUT2D eigenvalue weighted by Crippen LogP contribution is -2.08. The number of benzene rings is 2. The normalized spacial score (nSPS) is 12.3. The minimum Gasteiger partial charge on any atom is -0.457 e. The SMILES string of the molecule is Cc1ccc(C)c(Oc2cc(C)c(F)cc2[C@H](C)N)c1. The lowest BCUT2D eigenvalue weighted by atomic mass is 10.0. The summed E-state index contributed by atoms with van der Waals surface area (Å²) in [7, 11) is 0. The van der Waals surface area contributed by atoms with Crippen molar-refractivity contribution in [3.05, 3.63) is 58.4 Å². The number of halogens is 1. The zero-order chi connectivity index (χ0) is 14.9. The lowest BCUT2D eigenvalue weighted by Gasteiger charge is -2.16. The van der Waals surface area contributed by atoms with Crippen LogP contribution < -0.4 is 10.5 Å². The fourth-order valence-electron chi connectivity index (χ4n) is 2.05. The number of hydrogen-bond donors (Lipinski definition) is 1. The topological polar surface area (TPSA) is 35.2 Å². The molecule has 0 bridgehead atoms. The van der Waals surface area contributed by atoms with Crippen LogP contribution in [-0.2, 0) is 0 Å². The highest BCUT2D eigenvalue weighted by Crippen LogP contribution is 2.33. The molecule has 2 nitrogen and oxygen atoms in total. The van der Waals surface area contributed by atoms with Crippen molar-refractivity contribution in [3.8, 4) is 11.5 Å². The van der Waals surface area contributed by atoms with Crippen LogP contribution in [0.25, 0.3) is 0 Å². The first kappa shape index (κ1) is 14.5. The van der Waals surface area contributed by atoms with Gasteiger partial charge in [-0.05, 0) is 62.6 Å². The van der Waals surface area contributed by atoms with Crippen molar-refractivity contribution in [1.29, 1.82) is 0 Å². The molecule has 0 aromatic heterocycles. The number of aryl methyl sites for hydroxylation is 3. The van der Waals surface area contributed by atoms with Crippen molar-refractivity contribution < 1.29 is 9.13 Å². The van der Waals surface area contributed by atoms with Crippen LogP contribution in [-0.4, -0.2) is 0 Å². The van der Waals surface area contributed by atoms with Crippen molar-refractivity contribution in [2.45, 2.75) is 33.7 Å². The molecule has 0 aliphatic rings. The molecule has 0 saturated carbocycles. The largest absolute Gasteiger partial charge is 0.457 e. The maximum atomic E-state index is 13.7. The fraction of sp³-hybridized carbons (Fsp3) is 0.294. The third-order valence-electron chi connectivity index (χ3n) is 3.35. The highest BCUT2D eigenvalue weighted by molar-refractivity contribution is 5.45. The third-order valence-corrected chi connectivity index (χ3v) is 3.35. The zero-order valence-electron chi connectivity index (χ0n) is 12.3. The minimum absolute atomic E-state index is 0.259. The molecule has 106 valence electrons. The monoisotopic (exact) mass is 273 g/mol. The van der Waals surface area contributed by atoms with Crippen LogP contribution >= 0.6 is 0 Å². The second kappa shape index (κ2) is 5.63. The van der Waals surface area contributed by atoms with Gasteiger partial charge < -0.3 is 10.5 Å². The molecule has 0 heterocycles. The highest BCUT2D eigenvalue weighted by Gasteiger charge is 2.13. The highest BCUT2D eigenvalue weighted by atomic mass is 19.1. The summed E-state index contributed by atoms with van der Waals surface area (Å²) in [6, 6.07) is 8.89. The van der Waals surface area contributed by atoms with Gasteiger partial charge in [-0.25, -0.2) is 4.39 Å². The fourth-order valence-corrected chi connectivity index (χ4v) is 2.05. The maximum Gasteiger partial charge on any atom is 0.132 e. The van der Waals surface area contributed by atoms with Gasteiger partial charge in [0.05, 0.1) is 0 Å². The molecule has 20 heavy (non-hydrogen) atoms. The van der Waals surface area contributed by atoms with Gasteiger partial charge in [0.15, 0.2) is 0 Å². The Morgan fingerprint density at radius 3 is 2.35 bits per heavy atom. The van der Waals surface area contributed by atoms with Crippen molar-refractivity contribution >= 4 is 0 Å². The van der Waals surface area contributed by atoms with Gasteiger partial charge in [-0.2, -0.15) is 0 Å². The Bertz CT molecular complexity index is 635. The summed E-state index contributed by atoms with van der Waals surface area (Å²) < 4.78 is 19.7. The summed E-state index contributed by atoms with van der Waals surface area (Å²) in [5, 5.41) is 0. The molecule has 0 unspecified atom stereocenters. The first-order valence-electron chi connectivity index (χ1n) is 6.69. The molecular weight excluding hydrogens is 253 g/mol. The third kappa shape index (κ3) is 2.99. The molecule has 0 aliphatic carbocycles. The summed E-state index contributed by atoms with van der Waals surface area (Å²) >= 11 is 0. The summed E-state index contributed by atoms with van der Waals surface area (Å²) in [6.07, 6.45) is 0. The van der Waals surface area contributed by atoms with E-state index in [1.54, 1.807) is 13.0 Å². The van der Waals surface area contributed by atoms with Crippen molar-refractivity contribution in [3.63, 3.8) is 0 Å². The standard InChI is InChI=1S/C17H20FNO/c1-10-5-6-11(2)16(7-10)20-17-8-12(3)15(18)9-14(17)13(4)19/h5-9,13H,19H2,1-4H3/t13-/m0/s1. The van der Waals surface area contributed by atoms with Gasteiger partial charge in [-0.1, -0.05) is 12.1 Å². The van der Waals surface area contributed by atoms with E-state index in [0.717, 1.165) is 16.9 Å². The van der Waals surface area contributed by atoms with Crippen molar-refractivity contribution in [2.75, 3.05) is 0 Å². The van der Waals surface area contributed by atoms with E-state index in [2.05, 4.69) is 0 Å². The molecule has 0 fully saturated rings. The Morgan fingerprint density at radius 2 is 1.70 bits per heavy atom. The van der Waals surface area contributed by atoms with Crippen molar-refractivity contribution in [2.24, 2.45) is 5.73 Å². The minimum atomic E-state index is -0.287. The molecule has 0 radical (unpaired) electrons. The lowest BCUT2D eigenvalue weighted by molar-refractivity contribution is 0.464. The van der Waals surface area contributed by atoms with Gasteiger partial charge in [-0.3, -0.25) is 0 Å². The second-order valence-electron chi connectivity index (χ2n) is 5.30. The van der Waals surface area contributed by atoms with E-state index in [-0.39, 0.29) is 11.9 Å². The Balaban J connectivity index is 2.47. The van der Waals surface area contributed by atoms with Crippen LogP contribution in [0.5, 0.6) is 11.5 Å². The number of ether oxygens (including phenoxy) is 1. The molecule has 0 amide bonds. The van der Waals surface area contributed by atoms with E-state index in [4.69, 9.17) is 10.5 Å². The Morgan fingerprint density at radius 1 is 1.00 bits per heavy atom. The van der Waals surface area contributed by atoms with E-state index in [1.165, 1.54) is 6.07 Å². The van der Waals surface area contributed by atoms with Crippen LogP contribution in [0.4, 0.5) is 4.39 Å². The molecule has 0 saturated heterocycles. The Kier molecular flexibility index (Phi) is 4.09. The van der Waals surface area contributed by atoms with Crippen LogP contribution in [0.15, 0.2) is 30.3 Å². The molecule has 2 aromatic carbocycles. The van der Waals surface area contributed by atoms with Gasteiger partial charge in [0.25, 0.3) is 0 Å². The first-order valence-corrected chi connectivity index (χ1v) is 6.69. The van der Waals surface area contributed by atoms with Crippen LogP contribution in [0.1, 0.15) is 35.2 Å². The van der Waals surface area contributed by atoms with Gasteiger partial charge in [0, 0.05) is 11.6 Å². The maximum absolute atomic E-state index is 13.7. The van der Waals surface area contributed by atoms with Gasteiger partial charge in [-0.15, -0.1) is 0 Å². The summed E-state index contributed by atoms with van der Waals surface area (Å²) in [4.78, 5) is 0. The Hall–Kier alpha value is -1.87. The predicted octanol–water partition coefficient (Wildman–Crippen LogP) is 4.56. The molecule has 2 rings (SSSR count). The van der Waals surface area contributed by atoms with Gasteiger partial charge in [0.1, 0.15) is 17.3 Å². The predicted molar refractivity (Wildman–Crippen MR) is 79.7 cm³/mol. The van der Waals surface area contributed by atoms with E-state index in [1.807, 2.05) is 39.0 Å². The van der Waals surface area contributed by atoms with E-state index in [0.29, 0.717) is 16.9 Å². The number of hydrogen-bond acceptors (Lipinski definition) is 2. The summed E-state index contributed by atoms with van der Waals surface area (Å²) in [6.45, 7) is 7.53. The van der Waals surface area contributed by atoms with Gasteiger partial charge >= 0.3 is 0 Å². The average Bonchev–Trinajstić information content (AvgIpc) is 2.37. The van der Waals surface area contributed by atoms with Crippen LogP contribution in [0.2, 0.25) is 0 Å². The van der Waals surface area contributed by atoms with Crippen LogP contribution in [0.3, 0.4) is 0 Å².